The molecule has 2 aliphatic heterocycles. The van der Waals surface area contributed by atoms with Crippen molar-refractivity contribution < 1.29 is 24.1 Å². The second-order valence-electron chi connectivity index (χ2n) is 14.0. The topological polar surface area (TPSA) is 92.3 Å². The second kappa shape index (κ2) is 18.2. The maximum Gasteiger partial charge on any atom is 0.319 e. The Balaban J connectivity index is 1.00. The molecule has 0 saturated carbocycles. The zero-order chi connectivity index (χ0) is 36.2. The number of nitrogens with zero attached hydrogens (tertiary/aromatic N) is 1. The Bertz CT molecular complexity index is 1890. The van der Waals surface area contributed by atoms with Crippen molar-refractivity contribution in [2.75, 3.05) is 25.0 Å². The number of hydrogen-bond acceptors (Lipinski definition) is 6. The van der Waals surface area contributed by atoms with Crippen LogP contribution in [0.1, 0.15) is 73.2 Å². The normalized spacial score (nSPS) is 19.5. The lowest BCUT2D eigenvalue weighted by molar-refractivity contribution is -0.253. The summed E-state index contributed by atoms with van der Waals surface area (Å²) in [5.74, 6) is 1.45. The number of aliphatic hydroxyl groups is 1. The summed E-state index contributed by atoms with van der Waals surface area (Å²) in [4.78, 5) is 15.4. The van der Waals surface area contributed by atoms with Crippen molar-refractivity contribution in [3.8, 4) is 22.6 Å². The fourth-order valence-electron chi connectivity index (χ4n) is 7.13. The highest BCUT2D eigenvalue weighted by atomic mass is 16.7. The van der Waals surface area contributed by atoms with Gasteiger partial charge in [-0.15, -0.1) is 0 Å². The third-order valence-electron chi connectivity index (χ3n) is 9.99. The fourth-order valence-corrected chi connectivity index (χ4v) is 7.13. The fraction of sp³-hybridized carbons (Fsp3) is 0.311. The number of carbonyl (C=O) groups excluding carboxylic acids is 1. The maximum absolute atomic E-state index is 12.8. The highest BCUT2D eigenvalue weighted by molar-refractivity contribution is 5.89. The first kappa shape index (κ1) is 36.4. The predicted molar refractivity (Wildman–Crippen MR) is 209 cm³/mol. The van der Waals surface area contributed by atoms with E-state index in [0.29, 0.717) is 18.0 Å². The summed E-state index contributed by atoms with van der Waals surface area (Å²) < 4.78 is 19.3. The van der Waals surface area contributed by atoms with E-state index in [-0.39, 0.29) is 24.8 Å². The zero-order valence-corrected chi connectivity index (χ0v) is 30.2. The third kappa shape index (κ3) is 10.3. The van der Waals surface area contributed by atoms with E-state index in [9.17, 15) is 9.90 Å². The second-order valence-corrected chi connectivity index (χ2v) is 14.0. The quantitative estimate of drug-likeness (QED) is 0.126. The van der Waals surface area contributed by atoms with Crippen LogP contribution in [0.5, 0.6) is 11.5 Å². The summed E-state index contributed by atoms with van der Waals surface area (Å²) in [5.41, 5.74) is 6.72. The highest BCUT2D eigenvalue weighted by Gasteiger charge is 2.33. The molecule has 2 heterocycles. The van der Waals surface area contributed by atoms with Crippen LogP contribution in [0.25, 0.3) is 11.1 Å². The number of nitrogens with one attached hydrogen (secondary N) is 2. The molecule has 8 heteroatoms. The van der Waals surface area contributed by atoms with E-state index in [1.807, 2.05) is 78.9 Å². The van der Waals surface area contributed by atoms with Crippen LogP contribution in [0.2, 0.25) is 0 Å². The SMILES string of the molecule is O=C(NCc1cccc(-c2cccc([C@H]3O[C@@H](CN4CCCCCCC4)C[C@@H](c4ccc(CO)cc4)O3)c2)c1)Nc1ccc(Oc2ccccc2)cc1. The van der Waals surface area contributed by atoms with Crippen LogP contribution in [0.3, 0.4) is 0 Å². The van der Waals surface area contributed by atoms with Crippen molar-refractivity contribution in [3.63, 3.8) is 0 Å². The number of aliphatic hydroxyl groups excluding tert-OH is 1. The molecule has 0 bridgehead atoms. The number of urea groups is 1. The number of rotatable bonds is 11. The molecule has 0 unspecified atom stereocenters. The molecule has 274 valence electrons. The minimum Gasteiger partial charge on any atom is -0.457 e. The molecule has 2 aliphatic rings. The summed E-state index contributed by atoms with van der Waals surface area (Å²) in [6.07, 6.45) is 6.57. The Morgan fingerprint density at radius 2 is 1.40 bits per heavy atom. The van der Waals surface area contributed by atoms with Gasteiger partial charge >= 0.3 is 6.03 Å². The van der Waals surface area contributed by atoms with E-state index in [0.717, 1.165) is 65.2 Å². The van der Waals surface area contributed by atoms with Gasteiger partial charge in [-0.25, -0.2) is 4.79 Å². The Labute approximate surface area is 312 Å². The van der Waals surface area contributed by atoms with Gasteiger partial charge in [-0.3, -0.25) is 0 Å². The Morgan fingerprint density at radius 1 is 0.698 bits per heavy atom. The van der Waals surface area contributed by atoms with Crippen LogP contribution in [0, 0.1) is 0 Å². The molecule has 5 aromatic carbocycles. The first-order chi connectivity index (χ1) is 26.1. The number of hydrogen-bond donors (Lipinski definition) is 3. The first-order valence-electron chi connectivity index (χ1n) is 18.9. The minimum atomic E-state index is -0.515. The van der Waals surface area contributed by atoms with Crippen LogP contribution < -0.4 is 15.4 Å². The number of anilines is 1. The van der Waals surface area contributed by atoms with Gasteiger partial charge in [0.25, 0.3) is 0 Å². The van der Waals surface area contributed by atoms with Gasteiger partial charge in [0, 0.05) is 30.8 Å². The summed E-state index contributed by atoms with van der Waals surface area (Å²) in [6.45, 7) is 3.51. The average Bonchev–Trinajstić information content (AvgIpc) is 3.19. The molecule has 0 aliphatic carbocycles. The third-order valence-corrected chi connectivity index (χ3v) is 9.99. The van der Waals surface area contributed by atoms with Crippen LogP contribution in [-0.2, 0) is 22.6 Å². The van der Waals surface area contributed by atoms with E-state index in [1.165, 1.54) is 32.1 Å². The zero-order valence-electron chi connectivity index (χ0n) is 30.2. The lowest BCUT2D eigenvalue weighted by Crippen LogP contribution is -2.40. The Morgan fingerprint density at radius 3 is 2.15 bits per heavy atom. The predicted octanol–water partition coefficient (Wildman–Crippen LogP) is 9.77. The van der Waals surface area contributed by atoms with Crippen molar-refractivity contribution in [1.29, 1.82) is 0 Å². The molecular formula is C45H49N3O5. The number of para-hydroxylation sites is 1. The molecule has 2 amide bonds. The van der Waals surface area contributed by atoms with Crippen molar-refractivity contribution in [3.05, 3.63) is 150 Å². The molecule has 2 fully saturated rings. The molecule has 0 aromatic heterocycles. The number of ether oxygens (including phenoxy) is 3. The monoisotopic (exact) mass is 711 g/mol. The van der Waals surface area contributed by atoms with Gasteiger partial charge in [0.15, 0.2) is 6.29 Å². The Kier molecular flexibility index (Phi) is 12.5. The van der Waals surface area contributed by atoms with Gasteiger partial charge in [0.1, 0.15) is 11.5 Å². The maximum atomic E-state index is 12.8. The molecular weight excluding hydrogens is 663 g/mol. The van der Waals surface area contributed by atoms with Crippen LogP contribution >= 0.6 is 0 Å². The molecule has 8 nitrogen and oxygen atoms in total. The van der Waals surface area contributed by atoms with Gasteiger partial charge in [0.2, 0.25) is 0 Å². The van der Waals surface area contributed by atoms with Crippen LogP contribution in [0.15, 0.2) is 127 Å². The lowest BCUT2D eigenvalue weighted by atomic mass is 9.98. The van der Waals surface area contributed by atoms with Gasteiger partial charge in [-0.1, -0.05) is 98.1 Å². The largest absolute Gasteiger partial charge is 0.457 e. The van der Waals surface area contributed by atoms with Gasteiger partial charge in [-0.05, 0) is 102 Å². The molecule has 0 radical (unpaired) electrons. The van der Waals surface area contributed by atoms with E-state index < -0.39 is 6.29 Å². The molecule has 3 N–H and O–H groups in total. The molecule has 0 spiro atoms. The number of carbonyl (C=O) groups is 1. The van der Waals surface area contributed by atoms with Gasteiger partial charge < -0.3 is 34.9 Å². The van der Waals surface area contributed by atoms with E-state index in [1.54, 1.807) is 0 Å². The first-order valence-corrected chi connectivity index (χ1v) is 18.9. The summed E-state index contributed by atoms with van der Waals surface area (Å²) in [5, 5.41) is 15.5. The van der Waals surface area contributed by atoms with Crippen molar-refractivity contribution in [1.82, 2.24) is 10.2 Å². The molecule has 3 atom stereocenters. The van der Waals surface area contributed by atoms with Crippen LogP contribution in [0.4, 0.5) is 10.5 Å². The standard InChI is InChI=1S/C45H49N3O5/c49-32-33-17-19-35(20-18-33)43-29-42(31-48-25-7-2-1-3-8-26-48)52-44(53-43)38-14-10-13-37(28-38)36-12-9-11-34(27-36)30-46-45(50)47-39-21-23-41(24-22-39)51-40-15-5-4-6-16-40/h4-6,9-24,27-28,42-44,49H,1-3,7-8,25-26,29-32H2,(H2,46,47,50)/t42-,43+,44+/m1/s1. The van der Waals surface area contributed by atoms with Crippen molar-refractivity contribution >= 4 is 11.7 Å². The molecule has 53 heavy (non-hydrogen) atoms. The molecule has 5 aromatic rings. The number of likely N-dealkylation sites (tertiary alicyclic amines) is 1. The number of benzene rings is 5. The average molecular weight is 712 g/mol. The summed E-state index contributed by atoms with van der Waals surface area (Å²) in [7, 11) is 0. The van der Waals surface area contributed by atoms with E-state index in [2.05, 4.69) is 64.1 Å². The molecule has 7 rings (SSSR count). The summed E-state index contributed by atoms with van der Waals surface area (Å²) in [6, 6.07) is 41.3. The Hall–Kier alpha value is -4.99. The summed E-state index contributed by atoms with van der Waals surface area (Å²) >= 11 is 0. The van der Waals surface area contributed by atoms with Crippen molar-refractivity contribution in [2.24, 2.45) is 0 Å². The van der Waals surface area contributed by atoms with Gasteiger partial charge in [0.05, 0.1) is 18.8 Å². The van der Waals surface area contributed by atoms with E-state index in [4.69, 9.17) is 14.2 Å². The van der Waals surface area contributed by atoms with Crippen LogP contribution in [-0.4, -0.2) is 41.8 Å². The minimum absolute atomic E-state index is 0.0207. The van der Waals surface area contributed by atoms with Gasteiger partial charge in [-0.2, -0.15) is 0 Å². The molecule has 2 saturated heterocycles. The number of amides is 2. The highest BCUT2D eigenvalue weighted by Crippen LogP contribution is 2.39. The smallest absolute Gasteiger partial charge is 0.319 e. The van der Waals surface area contributed by atoms with Crippen molar-refractivity contribution in [2.45, 2.75) is 70.2 Å². The van der Waals surface area contributed by atoms with E-state index >= 15 is 0 Å². The lowest BCUT2D eigenvalue weighted by Gasteiger charge is -2.39.